The fourth-order valence-corrected chi connectivity index (χ4v) is 1.55. The van der Waals surface area contributed by atoms with Crippen molar-refractivity contribution in [3.8, 4) is 11.7 Å². The van der Waals surface area contributed by atoms with E-state index in [1.54, 1.807) is 43.5 Å². The van der Waals surface area contributed by atoms with Gasteiger partial charge in [-0.25, -0.2) is 9.55 Å². The van der Waals surface area contributed by atoms with Gasteiger partial charge in [0.15, 0.2) is 0 Å². The second kappa shape index (κ2) is 4.83. The Balaban J connectivity index is 2.66. The van der Waals surface area contributed by atoms with E-state index < -0.39 is 5.97 Å². The maximum atomic E-state index is 12.1. The molecule has 0 amide bonds. The van der Waals surface area contributed by atoms with Gasteiger partial charge in [0, 0.05) is 18.7 Å². The Hall–Kier alpha value is -2.43. The summed E-state index contributed by atoms with van der Waals surface area (Å²) in [6, 6.07) is 8.37. The second-order valence-electron chi connectivity index (χ2n) is 3.78. The molecule has 0 bridgehead atoms. The lowest BCUT2D eigenvalue weighted by Gasteiger charge is -2.11. The van der Waals surface area contributed by atoms with E-state index in [1.807, 2.05) is 0 Å². The average molecular weight is 244 g/mol. The van der Waals surface area contributed by atoms with Crippen LogP contribution in [0, 0.1) is 6.92 Å². The van der Waals surface area contributed by atoms with E-state index in [-0.39, 0.29) is 11.4 Å². The number of carbonyl (C=O) groups excluding carboxylic acids is 1. The molecular formula is C13H12N2O3. The van der Waals surface area contributed by atoms with Crippen LogP contribution in [-0.2, 0) is 4.79 Å². The highest BCUT2D eigenvalue weighted by Crippen LogP contribution is 2.14. The first-order chi connectivity index (χ1) is 8.59. The first-order valence-electron chi connectivity index (χ1n) is 5.42. The zero-order chi connectivity index (χ0) is 13.1. The molecule has 2 heterocycles. The van der Waals surface area contributed by atoms with Crippen LogP contribution >= 0.6 is 0 Å². The van der Waals surface area contributed by atoms with Crippen molar-refractivity contribution in [2.24, 2.45) is 0 Å². The van der Waals surface area contributed by atoms with Gasteiger partial charge in [0.25, 0.3) is 5.56 Å². The van der Waals surface area contributed by atoms with Crippen molar-refractivity contribution < 1.29 is 9.53 Å². The van der Waals surface area contributed by atoms with Crippen LogP contribution in [0.1, 0.15) is 12.5 Å². The molecule has 92 valence electrons. The molecule has 0 aliphatic rings. The van der Waals surface area contributed by atoms with Gasteiger partial charge in [-0.3, -0.25) is 9.59 Å². The van der Waals surface area contributed by atoms with E-state index in [4.69, 9.17) is 4.74 Å². The van der Waals surface area contributed by atoms with E-state index in [2.05, 4.69) is 4.98 Å². The van der Waals surface area contributed by atoms with Crippen LogP contribution in [0.4, 0.5) is 0 Å². The largest absolute Gasteiger partial charge is 0.409 e. The number of pyridine rings is 2. The molecule has 0 aliphatic heterocycles. The highest BCUT2D eigenvalue weighted by atomic mass is 16.5. The molecule has 2 rings (SSSR count). The van der Waals surface area contributed by atoms with Crippen molar-refractivity contribution in [1.29, 1.82) is 0 Å². The number of carbonyl (C=O) groups is 1. The Kier molecular flexibility index (Phi) is 3.23. The standard InChI is InChI=1S/C13H12N2O3/c1-9-6-7-12(18-10(2)16)15(13(9)17)11-5-3-4-8-14-11/h3-8H,1-2H3. The minimum absolute atomic E-state index is 0.164. The van der Waals surface area contributed by atoms with Gasteiger partial charge in [0.2, 0.25) is 5.88 Å². The third kappa shape index (κ3) is 2.29. The van der Waals surface area contributed by atoms with Crippen molar-refractivity contribution in [3.05, 3.63) is 52.4 Å². The highest BCUT2D eigenvalue weighted by molar-refractivity contribution is 5.69. The normalized spacial score (nSPS) is 10.1. The number of rotatable bonds is 2. The SMILES string of the molecule is CC(=O)Oc1ccc(C)c(=O)n1-c1ccccn1. The topological polar surface area (TPSA) is 61.2 Å². The van der Waals surface area contributed by atoms with Gasteiger partial charge in [-0.2, -0.15) is 0 Å². The average Bonchev–Trinajstić information content (AvgIpc) is 2.35. The van der Waals surface area contributed by atoms with Gasteiger partial charge in [0.1, 0.15) is 5.82 Å². The van der Waals surface area contributed by atoms with Gasteiger partial charge >= 0.3 is 5.97 Å². The monoisotopic (exact) mass is 244 g/mol. The minimum Gasteiger partial charge on any atom is -0.409 e. The number of aryl methyl sites for hydroxylation is 1. The molecule has 0 aliphatic carbocycles. The van der Waals surface area contributed by atoms with Crippen LogP contribution in [0.2, 0.25) is 0 Å². The van der Waals surface area contributed by atoms with Crippen LogP contribution in [0.15, 0.2) is 41.3 Å². The zero-order valence-electron chi connectivity index (χ0n) is 10.1. The Morgan fingerprint density at radius 1 is 1.28 bits per heavy atom. The predicted octanol–water partition coefficient (Wildman–Crippen LogP) is 1.47. The molecule has 0 radical (unpaired) electrons. The number of aromatic nitrogens is 2. The molecule has 0 atom stereocenters. The third-order valence-corrected chi connectivity index (χ3v) is 2.36. The summed E-state index contributed by atoms with van der Waals surface area (Å²) < 4.78 is 6.29. The van der Waals surface area contributed by atoms with Crippen molar-refractivity contribution in [3.63, 3.8) is 0 Å². The molecule has 5 nitrogen and oxygen atoms in total. The van der Waals surface area contributed by atoms with Gasteiger partial charge in [-0.15, -0.1) is 0 Å². The van der Waals surface area contributed by atoms with Crippen LogP contribution in [-0.4, -0.2) is 15.5 Å². The molecular weight excluding hydrogens is 232 g/mol. The molecule has 0 spiro atoms. The van der Waals surface area contributed by atoms with Gasteiger partial charge in [-0.1, -0.05) is 6.07 Å². The van der Waals surface area contributed by atoms with Crippen molar-refractivity contribution in [2.45, 2.75) is 13.8 Å². The van der Waals surface area contributed by atoms with Gasteiger partial charge in [-0.05, 0) is 31.2 Å². The smallest absolute Gasteiger partial charge is 0.309 e. The number of esters is 1. The predicted molar refractivity (Wildman–Crippen MR) is 65.9 cm³/mol. The lowest BCUT2D eigenvalue weighted by molar-refractivity contribution is -0.132. The molecule has 0 aromatic carbocycles. The first kappa shape index (κ1) is 12.0. The Labute approximate surface area is 104 Å². The Bertz CT molecular complexity index is 632. The van der Waals surface area contributed by atoms with E-state index in [0.29, 0.717) is 11.4 Å². The number of hydrogen-bond donors (Lipinski definition) is 0. The molecule has 5 heteroatoms. The fourth-order valence-electron chi connectivity index (χ4n) is 1.55. The van der Waals surface area contributed by atoms with E-state index >= 15 is 0 Å². The van der Waals surface area contributed by atoms with E-state index in [1.165, 1.54) is 11.5 Å². The Morgan fingerprint density at radius 2 is 2.06 bits per heavy atom. The lowest BCUT2D eigenvalue weighted by atomic mass is 10.3. The molecule has 0 N–H and O–H groups in total. The highest BCUT2D eigenvalue weighted by Gasteiger charge is 2.11. The molecule has 0 saturated heterocycles. The zero-order valence-corrected chi connectivity index (χ0v) is 10.1. The number of ether oxygens (including phenoxy) is 1. The number of nitrogens with zero attached hydrogens (tertiary/aromatic N) is 2. The third-order valence-electron chi connectivity index (χ3n) is 2.36. The molecule has 0 unspecified atom stereocenters. The quantitative estimate of drug-likeness (QED) is 0.750. The maximum Gasteiger partial charge on any atom is 0.309 e. The molecule has 0 saturated carbocycles. The summed E-state index contributed by atoms with van der Waals surface area (Å²) in [4.78, 5) is 27.2. The van der Waals surface area contributed by atoms with Crippen molar-refractivity contribution in [1.82, 2.24) is 9.55 Å². The summed E-state index contributed by atoms with van der Waals surface area (Å²) in [5, 5.41) is 0. The van der Waals surface area contributed by atoms with Crippen molar-refractivity contribution >= 4 is 5.97 Å². The molecule has 18 heavy (non-hydrogen) atoms. The van der Waals surface area contributed by atoms with Crippen LogP contribution in [0.3, 0.4) is 0 Å². The molecule has 2 aromatic heterocycles. The maximum absolute atomic E-state index is 12.1. The summed E-state index contributed by atoms with van der Waals surface area (Å²) in [6.45, 7) is 2.98. The summed E-state index contributed by atoms with van der Waals surface area (Å²) in [6.07, 6.45) is 1.57. The summed E-state index contributed by atoms with van der Waals surface area (Å²) in [5.41, 5.74) is 0.295. The van der Waals surface area contributed by atoms with Crippen LogP contribution < -0.4 is 10.3 Å². The van der Waals surface area contributed by atoms with Gasteiger partial charge < -0.3 is 4.74 Å². The van der Waals surface area contributed by atoms with Crippen LogP contribution in [0.25, 0.3) is 5.82 Å². The summed E-state index contributed by atoms with van der Waals surface area (Å²) in [5.74, 6) is 0.0992. The number of hydrogen-bond acceptors (Lipinski definition) is 4. The van der Waals surface area contributed by atoms with Crippen molar-refractivity contribution in [2.75, 3.05) is 0 Å². The first-order valence-corrected chi connectivity index (χ1v) is 5.42. The molecule has 0 fully saturated rings. The molecule has 2 aromatic rings. The summed E-state index contributed by atoms with van der Waals surface area (Å²) >= 11 is 0. The second-order valence-corrected chi connectivity index (χ2v) is 3.78. The fraction of sp³-hybridized carbons (Fsp3) is 0.154. The van der Waals surface area contributed by atoms with E-state index in [9.17, 15) is 9.59 Å². The minimum atomic E-state index is -0.483. The Morgan fingerprint density at radius 3 is 2.67 bits per heavy atom. The van der Waals surface area contributed by atoms with Gasteiger partial charge in [0.05, 0.1) is 0 Å². The lowest BCUT2D eigenvalue weighted by Crippen LogP contribution is -2.23. The van der Waals surface area contributed by atoms with Crippen LogP contribution in [0.5, 0.6) is 5.88 Å². The van der Waals surface area contributed by atoms with E-state index in [0.717, 1.165) is 0 Å². The summed E-state index contributed by atoms with van der Waals surface area (Å²) in [7, 11) is 0.